The molecule has 4 atom stereocenters. The van der Waals surface area contributed by atoms with Crippen LogP contribution in [0.3, 0.4) is 0 Å². The molecular weight excluding hydrogens is 264 g/mol. The van der Waals surface area contributed by atoms with Crippen LogP contribution in [0.2, 0.25) is 0 Å². The van der Waals surface area contributed by atoms with E-state index >= 15 is 0 Å². The first-order chi connectivity index (χ1) is 9.02. The Morgan fingerprint density at radius 1 is 1.05 bits per heavy atom. The lowest BCUT2D eigenvalue weighted by molar-refractivity contribution is -0.161. The molecule has 1 rings (SSSR count). The summed E-state index contributed by atoms with van der Waals surface area (Å²) in [4.78, 5) is 0. The van der Waals surface area contributed by atoms with Gasteiger partial charge in [-0.2, -0.15) is 0 Å². The first-order valence-corrected chi connectivity index (χ1v) is 8.34. The number of hydrogen-bond donors (Lipinski definition) is 3. The molecule has 1 aliphatic heterocycles. The standard InChI is InChI=1S/C14H28O4S/c1-10(2)7-5-3-4-6-8-19-14-13(17)12(16)11(15)9-18-14/h10-17H,3-9H2,1-2H3/t11-,12+,13-,14+/m1/s1. The highest BCUT2D eigenvalue weighted by Gasteiger charge is 2.37. The van der Waals surface area contributed by atoms with Gasteiger partial charge in [0.1, 0.15) is 23.7 Å². The fourth-order valence-electron chi connectivity index (χ4n) is 2.13. The normalized spacial score (nSPS) is 31.9. The van der Waals surface area contributed by atoms with Gasteiger partial charge in [0, 0.05) is 0 Å². The van der Waals surface area contributed by atoms with E-state index in [1.54, 1.807) is 0 Å². The van der Waals surface area contributed by atoms with Crippen molar-refractivity contribution in [2.45, 2.75) is 69.7 Å². The lowest BCUT2D eigenvalue weighted by Gasteiger charge is -2.34. The van der Waals surface area contributed by atoms with Crippen LogP contribution in [0.4, 0.5) is 0 Å². The highest BCUT2D eigenvalue weighted by molar-refractivity contribution is 7.99. The molecule has 1 fully saturated rings. The second-order valence-corrected chi connectivity index (χ2v) is 6.92. The number of unbranched alkanes of at least 4 members (excludes halogenated alkanes) is 3. The molecule has 0 aliphatic carbocycles. The van der Waals surface area contributed by atoms with Gasteiger partial charge < -0.3 is 20.1 Å². The Hall–Kier alpha value is 0.190. The van der Waals surface area contributed by atoms with Crippen LogP contribution < -0.4 is 0 Å². The fourth-order valence-corrected chi connectivity index (χ4v) is 3.27. The minimum Gasteiger partial charge on any atom is -0.388 e. The Kier molecular flexibility index (Phi) is 8.34. The van der Waals surface area contributed by atoms with Crippen molar-refractivity contribution >= 4 is 11.8 Å². The molecule has 1 saturated heterocycles. The van der Waals surface area contributed by atoms with E-state index in [1.807, 2.05) is 0 Å². The van der Waals surface area contributed by atoms with Gasteiger partial charge in [-0.1, -0.05) is 39.5 Å². The molecule has 4 nitrogen and oxygen atoms in total. The molecule has 0 saturated carbocycles. The second kappa shape index (κ2) is 9.19. The smallest absolute Gasteiger partial charge is 0.131 e. The van der Waals surface area contributed by atoms with Crippen LogP contribution in [0.1, 0.15) is 46.0 Å². The molecule has 0 radical (unpaired) electrons. The third-order valence-electron chi connectivity index (χ3n) is 3.41. The maximum atomic E-state index is 9.75. The van der Waals surface area contributed by atoms with Gasteiger partial charge >= 0.3 is 0 Å². The van der Waals surface area contributed by atoms with Crippen LogP contribution in [0.5, 0.6) is 0 Å². The Morgan fingerprint density at radius 2 is 1.74 bits per heavy atom. The molecule has 19 heavy (non-hydrogen) atoms. The van der Waals surface area contributed by atoms with Crippen LogP contribution in [0.15, 0.2) is 0 Å². The number of ether oxygens (including phenoxy) is 1. The number of hydrogen-bond acceptors (Lipinski definition) is 5. The number of aliphatic hydroxyl groups is 3. The van der Waals surface area contributed by atoms with E-state index in [0.29, 0.717) is 0 Å². The SMILES string of the molecule is CC(C)CCCCCCS[C@@H]1OC[C@@H](O)[C@H](O)[C@H]1O. The van der Waals surface area contributed by atoms with Gasteiger partial charge in [0.25, 0.3) is 0 Å². The molecule has 0 spiro atoms. The number of aliphatic hydroxyl groups excluding tert-OH is 3. The van der Waals surface area contributed by atoms with E-state index in [0.717, 1.165) is 18.1 Å². The summed E-state index contributed by atoms with van der Waals surface area (Å²) in [5.41, 5.74) is -0.408. The van der Waals surface area contributed by atoms with Crippen molar-refractivity contribution in [2.24, 2.45) is 5.92 Å². The second-order valence-electron chi connectivity index (χ2n) is 5.72. The average Bonchev–Trinajstić information content (AvgIpc) is 2.37. The molecule has 0 aromatic heterocycles. The number of thioether (sulfide) groups is 1. The Balaban J connectivity index is 2.03. The summed E-state index contributed by atoms with van der Waals surface area (Å²) in [6.45, 7) is 4.60. The van der Waals surface area contributed by atoms with E-state index in [2.05, 4.69) is 13.8 Å². The molecule has 1 aliphatic rings. The Bertz CT molecular complexity index is 237. The van der Waals surface area contributed by atoms with Gasteiger partial charge in [-0.05, 0) is 18.1 Å². The summed E-state index contributed by atoms with van der Waals surface area (Å²) in [7, 11) is 0. The van der Waals surface area contributed by atoms with Crippen molar-refractivity contribution in [3.8, 4) is 0 Å². The largest absolute Gasteiger partial charge is 0.388 e. The van der Waals surface area contributed by atoms with E-state index in [9.17, 15) is 15.3 Å². The summed E-state index contributed by atoms with van der Waals surface area (Å²) in [5.74, 6) is 1.71. The van der Waals surface area contributed by atoms with Gasteiger partial charge in [-0.3, -0.25) is 0 Å². The molecule has 0 unspecified atom stereocenters. The van der Waals surface area contributed by atoms with Gasteiger partial charge in [-0.25, -0.2) is 0 Å². The first-order valence-electron chi connectivity index (χ1n) is 7.29. The molecule has 0 aromatic rings. The average molecular weight is 292 g/mol. The van der Waals surface area contributed by atoms with Crippen molar-refractivity contribution in [3.05, 3.63) is 0 Å². The van der Waals surface area contributed by atoms with Crippen LogP contribution >= 0.6 is 11.8 Å². The van der Waals surface area contributed by atoms with Crippen LogP contribution in [0, 0.1) is 5.92 Å². The van der Waals surface area contributed by atoms with Crippen LogP contribution in [0.25, 0.3) is 0 Å². The van der Waals surface area contributed by atoms with Crippen LogP contribution in [-0.4, -0.2) is 51.4 Å². The van der Waals surface area contributed by atoms with Crippen molar-refractivity contribution < 1.29 is 20.1 Å². The zero-order valence-electron chi connectivity index (χ0n) is 12.0. The topological polar surface area (TPSA) is 69.9 Å². The predicted molar refractivity (Wildman–Crippen MR) is 78.1 cm³/mol. The summed E-state index contributed by atoms with van der Waals surface area (Å²) < 4.78 is 5.34. The lowest BCUT2D eigenvalue weighted by atomic mass is 10.0. The third-order valence-corrected chi connectivity index (χ3v) is 4.68. The first kappa shape index (κ1) is 17.2. The Morgan fingerprint density at radius 3 is 2.42 bits per heavy atom. The lowest BCUT2D eigenvalue weighted by Crippen LogP contribution is -2.51. The van der Waals surface area contributed by atoms with Crippen molar-refractivity contribution in [1.29, 1.82) is 0 Å². The molecule has 0 bridgehead atoms. The summed E-state index contributed by atoms with van der Waals surface area (Å²) in [5, 5.41) is 28.6. The van der Waals surface area contributed by atoms with E-state index in [-0.39, 0.29) is 6.61 Å². The van der Waals surface area contributed by atoms with E-state index in [1.165, 1.54) is 37.4 Å². The maximum Gasteiger partial charge on any atom is 0.131 e. The highest BCUT2D eigenvalue weighted by atomic mass is 32.2. The fraction of sp³-hybridized carbons (Fsp3) is 1.00. The molecule has 0 amide bonds. The van der Waals surface area contributed by atoms with E-state index in [4.69, 9.17) is 4.74 Å². The summed E-state index contributed by atoms with van der Waals surface area (Å²) in [6, 6.07) is 0. The summed E-state index contributed by atoms with van der Waals surface area (Å²) >= 11 is 1.53. The van der Waals surface area contributed by atoms with E-state index < -0.39 is 23.7 Å². The van der Waals surface area contributed by atoms with Gasteiger partial charge in [0.15, 0.2) is 0 Å². The van der Waals surface area contributed by atoms with Gasteiger partial charge in [-0.15, -0.1) is 11.8 Å². The third kappa shape index (κ3) is 6.45. The molecule has 5 heteroatoms. The predicted octanol–water partition coefficient (Wildman–Crippen LogP) is 1.77. The monoisotopic (exact) mass is 292 g/mol. The zero-order valence-corrected chi connectivity index (χ0v) is 12.8. The Labute approximate surface area is 120 Å². The van der Waals surface area contributed by atoms with Crippen molar-refractivity contribution in [2.75, 3.05) is 12.4 Å². The molecule has 0 aromatic carbocycles. The zero-order chi connectivity index (χ0) is 14.3. The van der Waals surface area contributed by atoms with Gasteiger partial charge in [0.2, 0.25) is 0 Å². The highest BCUT2D eigenvalue weighted by Crippen LogP contribution is 2.25. The quantitative estimate of drug-likeness (QED) is 0.595. The number of rotatable bonds is 8. The molecule has 114 valence electrons. The molecular formula is C14H28O4S. The van der Waals surface area contributed by atoms with Gasteiger partial charge in [0.05, 0.1) is 6.61 Å². The summed E-state index contributed by atoms with van der Waals surface area (Å²) in [6.07, 6.45) is 3.10. The minimum atomic E-state index is -1.09. The van der Waals surface area contributed by atoms with Crippen LogP contribution in [-0.2, 0) is 4.74 Å². The van der Waals surface area contributed by atoms with Crippen molar-refractivity contribution in [3.63, 3.8) is 0 Å². The minimum absolute atomic E-state index is 0.101. The maximum absolute atomic E-state index is 9.75. The molecule has 1 heterocycles. The van der Waals surface area contributed by atoms with Crippen molar-refractivity contribution in [1.82, 2.24) is 0 Å². The molecule has 3 N–H and O–H groups in total.